The van der Waals surface area contributed by atoms with Gasteiger partial charge in [-0.1, -0.05) is 76.6 Å². The van der Waals surface area contributed by atoms with Crippen LogP contribution in [0, 0.1) is 6.92 Å². The molecule has 5 nitrogen and oxygen atoms in total. The number of hydrogen-bond acceptors (Lipinski definition) is 3. The van der Waals surface area contributed by atoms with E-state index in [-0.39, 0.29) is 18.6 Å². The molecule has 3 aromatic carbocycles. The van der Waals surface area contributed by atoms with Crippen molar-refractivity contribution in [3.8, 4) is 11.1 Å². The monoisotopic (exact) mass is 507 g/mol. The number of aliphatic carboxylic acids is 1. The number of rotatable bonds is 6. The fourth-order valence-corrected chi connectivity index (χ4v) is 4.79. The van der Waals surface area contributed by atoms with Crippen LogP contribution in [0.5, 0.6) is 0 Å². The number of halogens is 1. The van der Waals surface area contributed by atoms with Crippen LogP contribution in [0.25, 0.3) is 11.1 Å². The van der Waals surface area contributed by atoms with Gasteiger partial charge in [0, 0.05) is 16.4 Å². The summed E-state index contributed by atoms with van der Waals surface area (Å²) in [7, 11) is 0. The van der Waals surface area contributed by atoms with E-state index in [1.807, 2.05) is 31.2 Å². The second kappa shape index (κ2) is 9.40. The van der Waals surface area contributed by atoms with Gasteiger partial charge in [-0.3, -0.25) is 4.90 Å². The summed E-state index contributed by atoms with van der Waals surface area (Å²) in [6, 6.07) is 20.0. The average molecular weight is 508 g/mol. The third-order valence-corrected chi connectivity index (χ3v) is 7.00. The van der Waals surface area contributed by atoms with Gasteiger partial charge in [0.05, 0.1) is 0 Å². The standard InChI is InChI=1S/C27H26BrNO4/c1-16(2)29(25(26(30)31)18-12-13-24(28)17(3)14-18)27(32)33-15-23-21-10-6-4-8-19(21)20-9-5-7-11-22(20)23/h4-14,16,23,25H,15H2,1-3H3,(H,30,31). The molecule has 1 unspecified atom stereocenters. The number of carbonyl (C=O) groups excluding carboxylic acids is 1. The normalized spacial score (nSPS) is 13.4. The first-order valence-corrected chi connectivity index (χ1v) is 11.7. The highest BCUT2D eigenvalue weighted by Gasteiger charge is 2.36. The lowest BCUT2D eigenvalue weighted by molar-refractivity contribution is -0.143. The maximum Gasteiger partial charge on any atom is 0.411 e. The first-order chi connectivity index (χ1) is 15.8. The predicted octanol–water partition coefficient (Wildman–Crippen LogP) is 6.54. The third kappa shape index (κ3) is 4.40. The molecule has 0 fully saturated rings. The second-order valence-corrected chi connectivity index (χ2v) is 9.41. The van der Waals surface area contributed by atoms with Gasteiger partial charge < -0.3 is 9.84 Å². The summed E-state index contributed by atoms with van der Waals surface area (Å²) < 4.78 is 6.67. The van der Waals surface area contributed by atoms with Crippen molar-refractivity contribution >= 4 is 28.0 Å². The van der Waals surface area contributed by atoms with Crippen LogP contribution in [0.1, 0.15) is 48.1 Å². The topological polar surface area (TPSA) is 66.8 Å². The van der Waals surface area contributed by atoms with Crippen molar-refractivity contribution in [1.29, 1.82) is 0 Å². The number of hydrogen-bond donors (Lipinski definition) is 1. The number of carbonyl (C=O) groups is 2. The zero-order chi connectivity index (χ0) is 23.7. The lowest BCUT2D eigenvalue weighted by Crippen LogP contribution is -2.44. The number of ether oxygens (including phenoxy) is 1. The van der Waals surface area contributed by atoms with Crippen molar-refractivity contribution < 1.29 is 19.4 Å². The number of fused-ring (bicyclic) bond motifs is 3. The number of carboxylic acids is 1. The molecule has 1 N–H and O–H groups in total. The van der Waals surface area contributed by atoms with Gasteiger partial charge in [-0.05, 0) is 60.2 Å². The summed E-state index contributed by atoms with van der Waals surface area (Å²) >= 11 is 3.45. The Hall–Kier alpha value is -3.12. The number of amides is 1. The molecule has 0 saturated heterocycles. The Morgan fingerprint density at radius 3 is 2.09 bits per heavy atom. The summed E-state index contributed by atoms with van der Waals surface area (Å²) in [6.07, 6.45) is -0.639. The molecule has 3 aromatic rings. The number of carboxylic acid groups (broad SMARTS) is 1. The zero-order valence-electron chi connectivity index (χ0n) is 18.8. The van der Waals surface area contributed by atoms with Crippen molar-refractivity contribution in [2.45, 2.75) is 38.8 Å². The summed E-state index contributed by atoms with van der Waals surface area (Å²) in [4.78, 5) is 26.8. The van der Waals surface area contributed by atoms with E-state index in [0.717, 1.165) is 32.3 Å². The maximum absolute atomic E-state index is 13.3. The van der Waals surface area contributed by atoms with Gasteiger partial charge >= 0.3 is 12.1 Å². The Morgan fingerprint density at radius 2 is 1.58 bits per heavy atom. The van der Waals surface area contributed by atoms with Crippen LogP contribution < -0.4 is 0 Å². The molecule has 1 atom stereocenters. The van der Waals surface area contributed by atoms with Crippen molar-refractivity contribution in [2.75, 3.05) is 6.61 Å². The molecule has 4 rings (SSSR count). The minimum absolute atomic E-state index is 0.0893. The van der Waals surface area contributed by atoms with Gasteiger partial charge in [-0.2, -0.15) is 0 Å². The molecule has 6 heteroatoms. The number of aryl methyl sites for hydroxylation is 1. The summed E-state index contributed by atoms with van der Waals surface area (Å²) in [5.41, 5.74) is 5.94. The molecule has 33 heavy (non-hydrogen) atoms. The van der Waals surface area contributed by atoms with Crippen molar-refractivity contribution in [3.63, 3.8) is 0 Å². The summed E-state index contributed by atoms with van der Waals surface area (Å²) in [6.45, 7) is 5.62. The molecule has 170 valence electrons. The lowest BCUT2D eigenvalue weighted by Gasteiger charge is -2.32. The molecule has 0 saturated carbocycles. The van der Waals surface area contributed by atoms with Crippen LogP contribution in [0.3, 0.4) is 0 Å². The molecular formula is C27H26BrNO4. The molecule has 1 amide bonds. The van der Waals surface area contributed by atoms with E-state index >= 15 is 0 Å². The van der Waals surface area contributed by atoms with Crippen LogP contribution in [-0.2, 0) is 9.53 Å². The molecule has 0 radical (unpaired) electrons. The Kier molecular flexibility index (Phi) is 6.56. The van der Waals surface area contributed by atoms with Gasteiger partial charge in [-0.25, -0.2) is 9.59 Å². The van der Waals surface area contributed by atoms with E-state index in [1.54, 1.807) is 32.0 Å². The van der Waals surface area contributed by atoms with Gasteiger partial charge in [0.2, 0.25) is 0 Å². The van der Waals surface area contributed by atoms with E-state index in [0.29, 0.717) is 5.56 Å². The predicted molar refractivity (Wildman–Crippen MR) is 131 cm³/mol. The highest BCUT2D eigenvalue weighted by atomic mass is 79.9. The van der Waals surface area contributed by atoms with Crippen molar-refractivity contribution in [1.82, 2.24) is 4.90 Å². The SMILES string of the molecule is Cc1cc(C(C(=O)O)N(C(=O)OCC2c3ccccc3-c3ccccc32)C(C)C)ccc1Br. The Bertz CT molecular complexity index is 1160. The van der Waals surface area contributed by atoms with E-state index in [9.17, 15) is 14.7 Å². The average Bonchev–Trinajstić information content (AvgIpc) is 3.11. The molecule has 1 aliphatic carbocycles. The molecular weight excluding hydrogens is 482 g/mol. The fraction of sp³-hybridized carbons (Fsp3) is 0.259. The molecule has 0 aromatic heterocycles. The third-order valence-electron chi connectivity index (χ3n) is 6.11. The molecule has 0 spiro atoms. The number of nitrogens with zero attached hydrogens (tertiary/aromatic N) is 1. The summed E-state index contributed by atoms with van der Waals surface area (Å²) in [5, 5.41) is 10.0. The van der Waals surface area contributed by atoms with Crippen molar-refractivity contribution in [3.05, 3.63) is 93.5 Å². The van der Waals surface area contributed by atoms with Gasteiger partial charge in [0.15, 0.2) is 6.04 Å². The van der Waals surface area contributed by atoms with Gasteiger partial charge in [0.25, 0.3) is 0 Å². The minimum Gasteiger partial charge on any atom is -0.479 e. The molecule has 1 aliphatic rings. The molecule has 0 bridgehead atoms. The summed E-state index contributed by atoms with van der Waals surface area (Å²) in [5.74, 6) is -1.19. The smallest absolute Gasteiger partial charge is 0.411 e. The van der Waals surface area contributed by atoms with Crippen LogP contribution in [0.2, 0.25) is 0 Å². The number of benzene rings is 3. The highest BCUT2D eigenvalue weighted by Crippen LogP contribution is 2.44. The van der Waals surface area contributed by atoms with E-state index in [1.165, 1.54) is 4.90 Å². The van der Waals surface area contributed by atoms with Crippen LogP contribution in [-0.4, -0.2) is 34.7 Å². The first kappa shape index (κ1) is 23.1. The van der Waals surface area contributed by atoms with E-state index in [4.69, 9.17) is 4.74 Å². The van der Waals surface area contributed by atoms with Crippen LogP contribution in [0.15, 0.2) is 71.2 Å². The largest absolute Gasteiger partial charge is 0.479 e. The maximum atomic E-state index is 13.3. The van der Waals surface area contributed by atoms with E-state index < -0.39 is 18.1 Å². The van der Waals surface area contributed by atoms with E-state index in [2.05, 4.69) is 40.2 Å². The van der Waals surface area contributed by atoms with Crippen molar-refractivity contribution in [2.24, 2.45) is 0 Å². The second-order valence-electron chi connectivity index (χ2n) is 8.55. The Balaban J connectivity index is 1.60. The molecule has 0 heterocycles. The Labute approximate surface area is 202 Å². The quantitative estimate of drug-likeness (QED) is 0.411. The Morgan fingerprint density at radius 1 is 1.00 bits per heavy atom. The first-order valence-electron chi connectivity index (χ1n) is 10.9. The van der Waals surface area contributed by atoms with Gasteiger partial charge in [0.1, 0.15) is 6.61 Å². The van der Waals surface area contributed by atoms with Crippen LogP contribution in [0.4, 0.5) is 4.79 Å². The lowest BCUT2D eigenvalue weighted by atomic mass is 9.98. The minimum atomic E-state index is -1.15. The fourth-order valence-electron chi connectivity index (χ4n) is 4.54. The van der Waals surface area contributed by atoms with Crippen LogP contribution >= 0.6 is 15.9 Å². The molecule has 0 aliphatic heterocycles. The zero-order valence-corrected chi connectivity index (χ0v) is 20.4. The van der Waals surface area contributed by atoms with Gasteiger partial charge in [-0.15, -0.1) is 0 Å². The highest BCUT2D eigenvalue weighted by molar-refractivity contribution is 9.10.